The fraction of sp³-hybridized carbons (Fsp3) is 0. The molecule has 0 saturated carbocycles. The average molecular weight is 362 g/mol. The molecule has 0 aliphatic rings. The highest BCUT2D eigenvalue weighted by atomic mass is 79.9. The lowest BCUT2D eigenvalue weighted by Gasteiger charge is -2.06. The maximum atomic E-state index is 13.5. The van der Waals surface area contributed by atoms with Gasteiger partial charge in [0.25, 0.3) is 5.91 Å². The number of benzene rings is 1. The molecule has 2 rings (SSSR count). The van der Waals surface area contributed by atoms with E-state index in [-0.39, 0.29) is 14.2 Å². The van der Waals surface area contributed by atoms with E-state index in [2.05, 4.69) is 21.2 Å². The SMILES string of the molecule is O=C(O)c1ccc(C(=O)Nc2c(F)cc(Br)cc2F)s1. The summed E-state index contributed by atoms with van der Waals surface area (Å²) in [6.45, 7) is 0. The Kier molecular flexibility index (Phi) is 4.15. The summed E-state index contributed by atoms with van der Waals surface area (Å²) in [7, 11) is 0. The van der Waals surface area contributed by atoms with Crippen LogP contribution in [0.2, 0.25) is 0 Å². The van der Waals surface area contributed by atoms with Crippen molar-refractivity contribution >= 4 is 44.8 Å². The third-order valence-corrected chi connectivity index (χ3v) is 3.82. The van der Waals surface area contributed by atoms with Crippen molar-refractivity contribution in [2.75, 3.05) is 5.32 Å². The molecule has 0 aliphatic heterocycles. The lowest BCUT2D eigenvalue weighted by Crippen LogP contribution is -2.13. The Balaban J connectivity index is 2.25. The Labute approximate surface area is 124 Å². The van der Waals surface area contributed by atoms with Crippen molar-refractivity contribution in [3.05, 3.63) is 50.1 Å². The Hall–Kier alpha value is -1.80. The van der Waals surface area contributed by atoms with Crippen LogP contribution >= 0.6 is 27.3 Å². The number of carboxylic acids is 1. The highest BCUT2D eigenvalue weighted by Crippen LogP contribution is 2.25. The van der Waals surface area contributed by atoms with Crippen LogP contribution in [-0.4, -0.2) is 17.0 Å². The van der Waals surface area contributed by atoms with Gasteiger partial charge in [0.2, 0.25) is 0 Å². The van der Waals surface area contributed by atoms with Gasteiger partial charge in [-0.25, -0.2) is 13.6 Å². The topological polar surface area (TPSA) is 66.4 Å². The molecule has 4 nitrogen and oxygen atoms in total. The average Bonchev–Trinajstić information content (AvgIpc) is 2.83. The highest BCUT2D eigenvalue weighted by Gasteiger charge is 2.17. The van der Waals surface area contributed by atoms with Crippen LogP contribution < -0.4 is 5.32 Å². The summed E-state index contributed by atoms with van der Waals surface area (Å²) >= 11 is 3.64. The maximum absolute atomic E-state index is 13.5. The van der Waals surface area contributed by atoms with Crippen molar-refractivity contribution in [3.8, 4) is 0 Å². The van der Waals surface area contributed by atoms with Gasteiger partial charge < -0.3 is 10.4 Å². The van der Waals surface area contributed by atoms with E-state index in [0.29, 0.717) is 0 Å². The van der Waals surface area contributed by atoms with E-state index in [9.17, 15) is 18.4 Å². The standard InChI is InChI=1S/C12H6BrF2NO3S/c13-5-3-6(14)10(7(15)4-5)16-11(17)8-1-2-9(20-8)12(18)19/h1-4H,(H,16,17)(H,18,19). The Morgan fingerprint density at radius 2 is 1.70 bits per heavy atom. The number of thiophene rings is 1. The number of rotatable bonds is 3. The first-order chi connectivity index (χ1) is 9.38. The van der Waals surface area contributed by atoms with E-state index in [1.165, 1.54) is 12.1 Å². The number of hydrogen-bond donors (Lipinski definition) is 2. The molecule has 1 aromatic carbocycles. The van der Waals surface area contributed by atoms with E-state index in [0.717, 1.165) is 23.5 Å². The van der Waals surface area contributed by atoms with Crippen molar-refractivity contribution < 1.29 is 23.5 Å². The minimum absolute atomic E-state index is 0.0353. The number of hydrogen-bond acceptors (Lipinski definition) is 3. The van der Waals surface area contributed by atoms with E-state index in [1.54, 1.807) is 0 Å². The normalized spacial score (nSPS) is 10.3. The van der Waals surface area contributed by atoms with Gasteiger partial charge in [-0.1, -0.05) is 15.9 Å². The molecule has 0 atom stereocenters. The molecular formula is C12H6BrF2NO3S. The summed E-state index contributed by atoms with van der Waals surface area (Å²) in [6, 6.07) is 4.54. The lowest BCUT2D eigenvalue weighted by molar-refractivity contribution is 0.0702. The first-order valence-electron chi connectivity index (χ1n) is 5.17. The van der Waals surface area contributed by atoms with Crippen LogP contribution in [-0.2, 0) is 0 Å². The number of halogens is 3. The molecule has 0 aliphatic carbocycles. The van der Waals surface area contributed by atoms with E-state index >= 15 is 0 Å². The van der Waals surface area contributed by atoms with Gasteiger partial charge >= 0.3 is 5.97 Å². The molecule has 1 aromatic heterocycles. The van der Waals surface area contributed by atoms with Crippen LogP contribution in [0.5, 0.6) is 0 Å². The minimum atomic E-state index is -1.17. The third-order valence-electron chi connectivity index (χ3n) is 2.29. The van der Waals surface area contributed by atoms with Crippen LogP contribution in [0.25, 0.3) is 0 Å². The zero-order valence-corrected chi connectivity index (χ0v) is 12.0. The second-order valence-electron chi connectivity index (χ2n) is 3.67. The summed E-state index contributed by atoms with van der Waals surface area (Å²) in [4.78, 5) is 22.5. The van der Waals surface area contributed by atoms with Crippen molar-refractivity contribution in [3.63, 3.8) is 0 Å². The quantitative estimate of drug-likeness (QED) is 0.874. The van der Waals surface area contributed by atoms with Crippen LogP contribution in [0.4, 0.5) is 14.5 Å². The monoisotopic (exact) mass is 361 g/mol. The number of anilines is 1. The number of aromatic carboxylic acids is 1. The highest BCUT2D eigenvalue weighted by molar-refractivity contribution is 9.10. The Morgan fingerprint density at radius 1 is 1.15 bits per heavy atom. The van der Waals surface area contributed by atoms with Crippen LogP contribution in [0, 0.1) is 11.6 Å². The maximum Gasteiger partial charge on any atom is 0.345 e. The molecule has 2 N–H and O–H groups in total. The predicted octanol–water partition coefficient (Wildman–Crippen LogP) is 3.74. The molecule has 104 valence electrons. The second-order valence-corrected chi connectivity index (χ2v) is 5.67. The van der Waals surface area contributed by atoms with E-state index in [4.69, 9.17) is 5.11 Å². The fourth-order valence-corrected chi connectivity index (χ4v) is 2.55. The van der Waals surface area contributed by atoms with Gasteiger partial charge in [0, 0.05) is 4.47 Å². The van der Waals surface area contributed by atoms with E-state index < -0.39 is 29.2 Å². The molecule has 0 spiro atoms. The largest absolute Gasteiger partial charge is 0.477 e. The van der Waals surface area contributed by atoms with Gasteiger partial charge in [0.05, 0.1) is 4.88 Å². The molecule has 1 amide bonds. The summed E-state index contributed by atoms with van der Waals surface area (Å²) in [5, 5.41) is 10.8. The first-order valence-corrected chi connectivity index (χ1v) is 6.78. The molecule has 0 bridgehead atoms. The second kappa shape index (κ2) is 5.68. The van der Waals surface area contributed by atoms with Crippen molar-refractivity contribution in [2.45, 2.75) is 0 Å². The summed E-state index contributed by atoms with van der Waals surface area (Å²) < 4.78 is 27.3. The third kappa shape index (κ3) is 3.02. The summed E-state index contributed by atoms with van der Waals surface area (Å²) in [6.07, 6.45) is 0. The molecule has 20 heavy (non-hydrogen) atoms. The van der Waals surface area contributed by atoms with Crippen molar-refractivity contribution in [1.82, 2.24) is 0 Å². The molecule has 1 heterocycles. The number of carbonyl (C=O) groups is 2. The van der Waals surface area contributed by atoms with Crippen LogP contribution in [0.3, 0.4) is 0 Å². The molecule has 0 fully saturated rings. The van der Waals surface area contributed by atoms with Gasteiger partial charge in [-0.05, 0) is 24.3 Å². The van der Waals surface area contributed by atoms with Crippen molar-refractivity contribution in [1.29, 1.82) is 0 Å². The first kappa shape index (κ1) is 14.6. The Morgan fingerprint density at radius 3 is 2.20 bits per heavy atom. The molecule has 8 heteroatoms. The van der Waals surface area contributed by atoms with Gasteiger partial charge in [-0.15, -0.1) is 11.3 Å². The molecule has 2 aromatic rings. The van der Waals surface area contributed by atoms with Crippen molar-refractivity contribution in [2.24, 2.45) is 0 Å². The number of amides is 1. The molecular weight excluding hydrogens is 356 g/mol. The summed E-state index contributed by atoms with van der Waals surface area (Å²) in [5.41, 5.74) is -0.580. The Bertz CT molecular complexity index is 679. The smallest absolute Gasteiger partial charge is 0.345 e. The van der Waals surface area contributed by atoms with E-state index in [1.807, 2.05) is 0 Å². The van der Waals surface area contributed by atoms with Gasteiger partial charge in [-0.2, -0.15) is 0 Å². The van der Waals surface area contributed by atoms with Crippen LogP contribution in [0.1, 0.15) is 19.3 Å². The predicted molar refractivity (Wildman–Crippen MR) is 73.3 cm³/mol. The minimum Gasteiger partial charge on any atom is -0.477 e. The lowest BCUT2D eigenvalue weighted by atomic mass is 10.3. The zero-order valence-electron chi connectivity index (χ0n) is 9.62. The molecule has 0 saturated heterocycles. The number of nitrogens with one attached hydrogen (secondary N) is 1. The number of carboxylic acid groups (broad SMARTS) is 1. The van der Waals surface area contributed by atoms with Gasteiger partial charge in [0.15, 0.2) is 11.6 Å². The number of carbonyl (C=O) groups excluding carboxylic acids is 1. The fourth-order valence-electron chi connectivity index (χ4n) is 1.41. The molecule has 0 unspecified atom stereocenters. The summed E-state index contributed by atoms with van der Waals surface area (Å²) in [5.74, 6) is -3.81. The van der Waals surface area contributed by atoms with Gasteiger partial charge in [0.1, 0.15) is 10.6 Å². The van der Waals surface area contributed by atoms with Crippen LogP contribution in [0.15, 0.2) is 28.7 Å². The zero-order chi connectivity index (χ0) is 14.9. The molecule has 0 radical (unpaired) electrons. The van der Waals surface area contributed by atoms with Gasteiger partial charge in [-0.3, -0.25) is 4.79 Å².